The molecule has 0 radical (unpaired) electrons. The highest BCUT2D eigenvalue weighted by atomic mass is 19.4. The molecule has 11 heteroatoms. The molecule has 3 aromatic heterocycles. The van der Waals surface area contributed by atoms with Gasteiger partial charge in [-0.25, -0.2) is 9.97 Å². The summed E-state index contributed by atoms with van der Waals surface area (Å²) >= 11 is 0. The van der Waals surface area contributed by atoms with Gasteiger partial charge < -0.3 is 20.1 Å². The maximum atomic E-state index is 13.6. The average Bonchev–Trinajstić information content (AvgIpc) is 3.29. The summed E-state index contributed by atoms with van der Waals surface area (Å²) in [5.41, 5.74) is 7.91. The summed E-state index contributed by atoms with van der Waals surface area (Å²) in [5.74, 6) is 0.0228. The highest BCUT2D eigenvalue weighted by Crippen LogP contribution is 2.34. The van der Waals surface area contributed by atoms with Crippen molar-refractivity contribution in [1.82, 2.24) is 19.9 Å². The first-order chi connectivity index (χ1) is 15.7. The number of fused-ring (bicyclic) bond motifs is 3. The number of alkyl halides is 3. The molecule has 2 N–H and O–H groups in total. The molecule has 3 aromatic rings. The summed E-state index contributed by atoms with van der Waals surface area (Å²) in [4.78, 5) is 27.3. The van der Waals surface area contributed by atoms with E-state index in [1.807, 2.05) is 6.92 Å². The molecule has 0 aliphatic carbocycles. The fourth-order valence-corrected chi connectivity index (χ4v) is 4.31. The van der Waals surface area contributed by atoms with Crippen molar-refractivity contribution in [2.75, 3.05) is 18.9 Å². The van der Waals surface area contributed by atoms with Crippen molar-refractivity contribution in [3.8, 4) is 0 Å². The van der Waals surface area contributed by atoms with Crippen molar-refractivity contribution < 1.29 is 27.4 Å². The number of hydrogen-bond donors (Lipinski definition) is 1. The standard InChI is InChI=1S/C22H20F3N5O3/c1-11-7-32-10-18(12-2-3-19(28-5-12)22(23,24)25)30(11)21(31)16-4-13-14-8-33-9-15(14)20(26)29-17(13)6-27-16/h2-6,11,18H,7-10H2,1H3,(H2,26,29)/t11-,18-/m1/s1. The molecule has 0 aromatic carbocycles. The van der Waals surface area contributed by atoms with E-state index in [0.29, 0.717) is 36.7 Å². The predicted octanol–water partition coefficient (Wildman–Crippen LogP) is 3.26. The summed E-state index contributed by atoms with van der Waals surface area (Å²) in [6.07, 6.45) is -1.90. The van der Waals surface area contributed by atoms with Gasteiger partial charge in [0.25, 0.3) is 5.91 Å². The summed E-state index contributed by atoms with van der Waals surface area (Å²) in [6, 6.07) is 2.97. The summed E-state index contributed by atoms with van der Waals surface area (Å²) in [7, 11) is 0. The Hall–Kier alpha value is -3.31. The minimum atomic E-state index is -4.54. The van der Waals surface area contributed by atoms with Gasteiger partial charge in [0.2, 0.25) is 0 Å². The molecular weight excluding hydrogens is 439 g/mol. The number of aromatic nitrogens is 3. The number of hydrogen-bond acceptors (Lipinski definition) is 7. The van der Waals surface area contributed by atoms with Crippen molar-refractivity contribution in [3.05, 3.63) is 58.7 Å². The van der Waals surface area contributed by atoms with Crippen LogP contribution in [0, 0.1) is 0 Å². The molecule has 0 bridgehead atoms. The van der Waals surface area contributed by atoms with Gasteiger partial charge in [-0.05, 0) is 30.2 Å². The Morgan fingerprint density at radius 2 is 1.91 bits per heavy atom. The molecule has 0 saturated carbocycles. The number of anilines is 1. The normalized spacial score (nSPS) is 20.8. The van der Waals surface area contributed by atoms with Crippen LogP contribution < -0.4 is 5.73 Å². The van der Waals surface area contributed by atoms with Crippen molar-refractivity contribution >= 4 is 22.6 Å². The molecule has 1 amide bonds. The third kappa shape index (κ3) is 3.76. The number of nitrogens with two attached hydrogens (primary N) is 1. The van der Waals surface area contributed by atoms with Crippen LogP contribution in [0.25, 0.3) is 10.9 Å². The van der Waals surface area contributed by atoms with Crippen LogP contribution in [0.4, 0.5) is 19.0 Å². The lowest BCUT2D eigenvalue weighted by atomic mass is 10.0. The maximum absolute atomic E-state index is 13.6. The average molecular weight is 459 g/mol. The number of carbonyl (C=O) groups is 1. The topological polar surface area (TPSA) is 103 Å². The van der Waals surface area contributed by atoms with Gasteiger partial charge in [-0.3, -0.25) is 9.78 Å². The quantitative estimate of drug-likeness (QED) is 0.627. The second-order valence-corrected chi connectivity index (χ2v) is 8.12. The molecule has 2 aliphatic heterocycles. The van der Waals surface area contributed by atoms with E-state index in [9.17, 15) is 18.0 Å². The van der Waals surface area contributed by atoms with Crippen LogP contribution in [0.5, 0.6) is 0 Å². The zero-order valence-corrected chi connectivity index (χ0v) is 17.6. The Labute approximate surface area is 186 Å². The van der Waals surface area contributed by atoms with Crippen molar-refractivity contribution in [2.24, 2.45) is 0 Å². The Kier molecular flexibility index (Phi) is 5.17. The van der Waals surface area contributed by atoms with E-state index in [1.54, 1.807) is 11.0 Å². The molecule has 1 saturated heterocycles. The Morgan fingerprint density at radius 1 is 1.12 bits per heavy atom. The predicted molar refractivity (Wildman–Crippen MR) is 111 cm³/mol. The molecule has 2 atom stereocenters. The molecule has 5 rings (SSSR count). The third-order valence-electron chi connectivity index (χ3n) is 5.98. The van der Waals surface area contributed by atoms with Crippen molar-refractivity contribution in [1.29, 1.82) is 0 Å². The van der Waals surface area contributed by atoms with Gasteiger partial charge in [0, 0.05) is 17.1 Å². The van der Waals surface area contributed by atoms with Crippen LogP contribution in [-0.4, -0.2) is 45.0 Å². The molecule has 5 heterocycles. The van der Waals surface area contributed by atoms with Crippen molar-refractivity contribution in [2.45, 2.75) is 38.4 Å². The van der Waals surface area contributed by atoms with Gasteiger partial charge in [-0.15, -0.1) is 0 Å². The Morgan fingerprint density at radius 3 is 2.64 bits per heavy atom. The van der Waals surface area contributed by atoms with E-state index in [4.69, 9.17) is 15.2 Å². The minimum Gasteiger partial charge on any atom is -0.383 e. The van der Waals surface area contributed by atoms with Crippen LogP contribution in [0.15, 0.2) is 30.6 Å². The van der Waals surface area contributed by atoms with E-state index in [-0.39, 0.29) is 24.2 Å². The van der Waals surface area contributed by atoms with Gasteiger partial charge >= 0.3 is 6.18 Å². The summed E-state index contributed by atoms with van der Waals surface area (Å²) < 4.78 is 49.9. The van der Waals surface area contributed by atoms with E-state index in [0.717, 1.165) is 28.8 Å². The molecule has 0 spiro atoms. The lowest BCUT2D eigenvalue weighted by Crippen LogP contribution is -2.49. The van der Waals surface area contributed by atoms with Gasteiger partial charge in [0.15, 0.2) is 0 Å². The summed E-state index contributed by atoms with van der Waals surface area (Å²) in [5, 5.41) is 0.740. The second-order valence-electron chi connectivity index (χ2n) is 8.12. The van der Waals surface area contributed by atoms with Gasteiger partial charge in [-0.1, -0.05) is 6.07 Å². The van der Waals surface area contributed by atoms with E-state index in [1.165, 1.54) is 12.3 Å². The van der Waals surface area contributed by atoms with Crippen LogP contribution >= 0.6 is 0 Å². The molecule has 172 valence electrons. The highest BCUT2D eigenvalue weighted by molar-refractivity contribution is 5.97. The van der Waals surface area contributed by atoms with E-state index >= 15 is 0 Å². The number of amides is 1. The summed E-state index contributed by atoms with van der Waals surface area (Å²) in [6.45, 7) is 2.98. The lowest BCUT2D eigenvalue weighted by Gasteiger charge is -2.40. The number of pyridine rings is 3. The van der Waals surface area contributed by atoms with Crippen LogP contribution in [0.2, 0.25) is 0 Å². The minimum absolute atomic E-state index is 0.137. The Bertz CT molecular complexity index is 1230. The first kappa shape index (κ1) is 21.5. The SMILES string of the molecule is C[C@@H]1COC[C@H](c2ccc(C(F)(F)F)nc2)N1C(=O)c1cc2c3c(c(N)nc2cn1)COC3. The van der Waals surface area contributed by atoms with Crippen LogP contribution in [0.3, 0.4) is 0 Å². The molecular formula is C22H20F3N5O3. The number of morpholine rings is 1. The first-order valence-electron chi connectivity index (χ1n) is 10.3. The number of nitrogen functional groups attached to an aromatic ring is 1. The van der Waals surface area contributed by atoms with Crippen LogP contribution in [-0.2, 0) is 28.9 Å². The van der Waals surface area contributed by atoms with Gasteiger partial charge in [0.1, 0.15) is 17.2 Å². The number of ether oxygens (including phenoxy) is 2. The molecule has 1 fully saturated rings. The largest absolute Gasteiger partial charge is 0.433 e. The van der Waals surface area contributed by atoms with E-state index < -0.39 is 17.9 Å². The number of nitrogens with zero attached hydrogens (tertiary/aromatic N) is 4. The molecule has 0 unspecified atom stereocenters. The zero-order valence-electron chi connectivity index (χ0n) is 17.6. The smallest absolute Gasteiger partial charge is 0.383 e. The first-order valence-corrected chi connectivity index (χ1v) is 10.3. The monoisotopic (exact) mass is 459 g/mol. The molecule has 8 nitrogen and oxygen atoms in total. The lowest BCUT2D eigenvalue weighted by molar-refractivity contribution is -0.141. The fraction of sp³-hybridized carbons (Fsp3) is 0.364. The fourth-order valence-electron chi connectivity index (χ4n) is 4.31. The highest BCUT2D eigenvalue weighted by Gasteiger charge is 2.37. The molecule has 2 aliphatic rings. The third-order valence-corrected chi connectivity index (χ3v) is 5.98. The number of rotatable bonds is 2. The van der Waals surface area contributed by atoms with Crippen LogP contribution in [0.1, 0.15) is 45.8 Å². The number of carbonyl (C=O) groups excluding carboxylic acids is 1. The second kappa shape index (κ2) is 7.92. The molecule has 33 heavy (non-hydrogen) atoms. The Balaban J connectivity index is 1.51. The zero-order chi connectivity index (χ0) is 23.3. The van der Waals surface area contributed by atoms with Gasteiger partial charge in [0.05, 0.1) is 50.2 Å². The van der Waals surface area contributed by atoms with Gasteiger partial charge in [-0.2, -0.15) is 13.2 Å². The van der Waals surface area contributed by atoms with Crippen molar-refractivity contribution in [3.63, 3.8) is 0 Å². The van der Waals surface area contributed by atoms with E-state index in [2.05, 4.69) is 15.0 Å². The maximum Gasteiger partial charge on any atom is 0.433 e. The number of halogens is 3.